The summed E-state index contributed by atoms with van der Waals surface area (Å²) in [6, 6.07) is 3.44. The number of furan rings is 1. The Hall–Kier alpha value is -1.98. The Morgan fingerprint density at radius 2 is 1.76 bits per heavy atom. The monoisotopic (exact) mass is 348 g/mol. The molecule has 1 atom stereocenters. The van der Waals surface area contributed by atoms with E-state index in [1.165, 1.54) is 6.26 Å². The highest BCUT2D eigenvalue weighted by atomic mass is 16.6. The predicted octanol–water partition coefficient (Wildman–Crippen LogP) is 3.53. The zero-order valence-electron chi connectivity index (χ0n) is 15.4. The molecular weight excluding hydrogens is 320 g/mol. The van der Waals surface area contributed by atoms with Crippen LogP contribution in [-0.4, -0.2) is 53.6 Å². The lowest BCUT2D eigenvalue weighted by molar-refractivity contribution is -0.0134. The second kappa shape index (κ2) is 6.73. The van der Waals surface area contributed by atoms with Crippen molar-refractivity contribution in [2.24, 2.45) is 5.41 Å². The minimum Gasteiger partial charge on any atom is -0.459 e. The summed E-state index contributed by atoms with van der Waals surface area (Å²) in [5.74, 6) is 0.329. The van der Waals surface area contributed by atoms with E-state index in [0.717, 1.165) is 38.8 Å². The fourth-order valence-corrected chi connectivity index (χ4v) is 3.96. The highest BCUT2D eigenvalue weighted by Gasteiger charge is 2.42. The molecule has 0 aliphatic carbocycles. The number of piperidine rings is 2. The van der Waals surface area contributed by atoms with Crippen molar-refractivity contribution in [1.82, 2.24) is 9.80 Å². The molecule has 2 aliphatic rings. The Kier molecular flexibility index (Phi) is 4.80. The summed E-state index contributed by atoms with van der Waals surface area (Å²) >= 11 is 0. The average Bonchev–Trinajstić information content (AvgIpc) is 3.07. The molecule has 25 heavy (non-hydrogen) atoms. The number of rotatable bonds is 1. The number of hydrogen-bond donors (Lipinski definition) is 0. The van der Waals surface area contributed by atoms with Gasteiger partial charge >= 0.3 is 6.09 Å². The van der Waals surface area contributed by atoms with Crippen LogP contribution in [-0.2, 0) is 4.74 Å². The quantitative estimate of drug-likeness (QED) is 0.779. The maximum absolute atomic E-state index is 12.6. The number of hydrogen-bond acceptors (Lipinski definition) is 4. The molecule has 0 N–H and O–H groups in total. The van der Waals surface area contributed by atoms with Gasteiger partial charge in [0.05, 0.1) is 6.26 Å². The summed E-state index contributed by atoms with van der Waals surface area (Å²) in [6.45, 7) is 8.45. The highest BCUT2D eigenvalue weighted by molar-refractivity contribution is 5.91. The van der Waals surface area contributed by atoms with Crippen molar-refractivity contribution >= 4 is 12.0 Å². The summed E-state index contributed by atoms with van der Waals surface area (Å²) in [5.41, 5.74) is -0.523. The van der Waals surface area contributed by atoms with E-state index in [1.807, 2.05) is 30.6 Å². The minimum atomic E-state index is -0.491. The molecule has 0 radical (unpaired) electrons. The Balaban J connectivity index is 1.68. The smallest absolute Gasteiger partial charge is 0.410 e. The van der Waals surface area contributed by atoms with Crippen LogP contribution in [0.5, 0.6) is 0 Å². The molecule has 0 bridgehead atoms. The first-order valence-corrected chi connectivity index (χ1v) is 9.09. The Labute approximate surface area is 149 Å². The van der Waals surface area contributed by atoms with Gasteiger partial charge < -0.3 is 19.0 Å². The van der Waals surface area contributed by atoms with E-state index in [-0.39, 0.29) is 17.4 Å². The first-order chi connectivity index (χ1) is 11.8. The first-order valence-electron chi connectivity index (χ1n) is 9.09. The van der Waals surface area contributed by atoms with Gasteiger partial charge in [-0.05, 0) is 58.6 Å². The van der Waals surface area contributed by atoms with Crippen molar-refractivity contribution in [2.75, 3.05) is 26.2 Å². The lowest BCUT2D eigenvalue weighted by atomic mass is 9.73. The van der Waals surface area contributed by atoms with Gasteiger partial charge in [-0.1, -0.05) is 0 Å². The van der Waals surface area contributed by atoms with E-state index in [4.69, 9.17) is 9.15 Å². The summed E-state index contributed by atoms with van der Waals surface area (Å²) < 4.78 is 10.8. The standard InChI is InChI=1S/C19H28N2O4/c1-18(2,3)25-17(23)21-11-6-9-19(14-21)8-5-10-20(13-19)16(22)15-7-4-12-24-15/h4,7,12H,5-6,8-11,13-14H2,1-3H3/t19-/m0/s1. The van der Waals surface area contributed by atoms with E-state index in [1.54, 1.807) is 12.1 Å². The van der Waals surface area contributed by atoms with E-state index < -0.39 is 5.60 Å². The topological polar surface area (TPSA) is 63.0 Å². The van der Waals surface area contributed by atoms with Crippen molar-refractivity contribution in [1.29, 1.82) is 0 Å². The third kappa shape index (κ3) is 4.17. The molecule has 3 rings (SSSR count). The maximum atomic E-state index is 12.6. The fourth-order valence-electron chi connectivity index (χ4n) is 3.96. The predicted molar refractivity (Wildman–Crippen MR) is 93.3 cm³/mol. The fraction of sp³-hybridized carbons (Fsp3) is 0.684. The number of carbonyl (C=O) groups is 2. The van der Waals surface area contributed by atoms with E-state index in [2.05, 4.69) is 0 Å². The molecule has 1 spiro atoms. The van der Waals surface area contributed by atoms with Crippen LogP contribution >= 0.6 is 0 Å². The van der Waals surface area contributed by atoms with Gasteiger partial charge in [-0.2, -0.15) is 0 Å². The molecule has 0 saturated carbocycles. The van der Waals surface area contributed by atoms with Gasteiger partial charge in [-0.15, -0.1) is 0 Å². The Morgan fingerprint density at radius 1 is 1.12 bits per heavy atom. The summed E-state index contributed by atoms with van der Waals surface area (Å²) in [7, 11) is 0. The van der Waals surface area contributed by atoms with Gasteiger partial charge in [-0.3, -0.25) is 4.79 Å². The molecule has 2 amide bonds. The number of nitrogens with zero attached hydrogens (tertiary/aromatic N) is 2. The molecule has 138 valence electrons. The molecule has 6 heteroatoms. The van der Waals surface area contributed by atoms with Crippen molar-refractivity contribution in [3.8, 4) is 0 Å². The zero-order chi connectivity index (χ0) is 18.1. The number of ether oxygens (including phenoxy) is 1. The first kappa shape index (κ1) is 17.8. The van der Waals surface area contributed by atoms with Crippen molar-refractivity contribution < 1.29 is 18.7 Å². The highest BCUT2D eigenvalue weighted by Crippen LogP contribution is 2.39. The molecule has 6 nitrogen and oxygen atoms in total. The van der Waals surface area contributed by atoms with Crippen LogP contribution in [0.15, 0.2) is 22.8 Å². The SMILES string of the molecule is CC(C)(C)OC(=O)N1CCC[C@]2(CCCN(C(=O)c3ccco3)C2)C1. The third-order valence-corrected chi connectivity index (χ3v) is 4.99. The minimum absolute atomic E-state index is 0.0321. The van der Waals surface area contributed by atoms with Gasteiger partial charge in [0.15, 0.2) is 5.76 Å². The van der Waals surface area contributed by atoms with Crippen LogP contribution in [0.25, 0.3) is 0 Å². The van der Waals surface area contributed by atoms with Gasteiger partial charge in [0.2, 0.25) is 0 Å². The van der Waals surface area contributed by atoms with Crippen LogP contribution in [0, 0.1) is 5.41 Å². The normalized spacial score (nSPS) is 24.4. The van der Waals surface area contributed by atoms with E-state index in [9.17, 15) is 9.59 Å². The average molecular weight is 348 g/mol. The lowest BCUT2D eigenvalue weighted by Crippen LogP contribution is -2.55. The number of likely N-dealkylation sites (tertiary alicyclic amines) is 2. The number of carbonyl (C=O) groups excluding carboxylic acids is 2. The van der Waals surface area contributed by atoms with Gasteiger partial charge in [0, 0.05) is 31.6 Å². The largest absolute Gasteiger partial charge is 0.459 e. The van der Waals surface area contributed by atoms with Crippen LogP contribution in [0.4, 0.5) is 4.79 Å². The van der Waals surface area contributed by atoms with E-state index >= 15 is 0 Å². The van der Waals surface area contributed by atoms with Crippen molar-refractivity contribution in [2.45, 2.75) is 52.1 Å². The van der Waals surface area contributed by atoms with Crippen LogP contribution < -0.4 is 0 Å². The van der Waals surface area contributed by atoms with Crippen LogP contribution in [0.1, 0.15) is 57.0 Å². The molecule has 2 fully saturated rings. The summed E-state index contributed by atoms with van der Waals surface area (Å²) in [5, 5.41) is 0. The molecule has 1 aromatic rings. The lowest BCUT2D eigenvalue weighted by Gasteiger charge is -2.48. The van der Waals surface area contributed by atoms with Crippen molar-refractivity contribution in [3.63, 3.8) is 0 Å². The van der Waals surface area contributed by atoms with Crippen molar-refractivity contribution in [3.05, 3.63) is 24.2 Å². The summed E-state index contributed by atoms with van der Waals surface area (Å²) in [4.78, 5) is 28.8. The molecule has 1 aromatic heterocycles. The molecule has 2 saturated heterocycles. The second-order valence-electron chi connectivity index (χ2n) is 8.31. The third-order valence-electron chi connectivity index (χ3n) is 4.99. The zero-order valence-corrected chi connectivity index (χ0v) is 15.4. The molecule has 2 aliphatic heterocycles. The van der Waals surface area contributed by atoms with Crippen LogP contribution in [0.3, 0.4) is 0 Å². The molecule has 0 aromatic carbocycles. The van der Waals surface area contributed by atoms with E-state index in [0.29, 0.717) is 18.8 Å². The second-order valence-corrected chi connectivity index (χ2v) is 8.31. The van der Waals surface area contributed by atoms with Gasteiger partial charge in [0.1, 0.15) is 5.60 Å². The number of amides is 2. The molecule has 0 unspecified atom stereocenters. The molecule has 3 heterocycles. The van der Waals surface area contributed by atoms with Crippen LogP contribution in [0.2, 0.25) is 0 Å². The molecular formula is C19H28N2O4. The van der Waals surface area contributed by atoms with Gasteiger partial charge in [0.25, 0.3) is 5.91 Å². The summed E-state index contributed by atoms with van der Waals surface area (Å²) in [6.07, 6.45) is 5.25. The Bertz CT molecular complexity index is 616. The van der Waals surface area contributed by atoms with Gasteiger partial charge in [-0.25, -0.2) is 4.79 Å². The maximum Gasteiger partial charge on any atom is 0.410 e. The Morgan fingerprint density at radius 3 is 2.36 bits per heavy atom.